The molecule has 1 aliphatic rings. The van der Waals surface area contributed by atoms with Crippen molar-refractivity contribution in [3.8, 4) is 11.1 Å². The number of likely N-dealkylation sites (tertiary alicyclic amines) is 1. The van der Waals surface area contributed by atoms with Crippen LogP contribution in [0, 0.1) is 0 Å². The van der Waals surface area contributed by atoms with Crippen molar-refractivity contribution in [2.75, 3.05) is 13.6 Å². The number of halogens is 1. The third kappa shape index (κ3) is 2.81. The number of rotatable bonds is 3. The molecule has 1 aliphatic heterocycles. The molecule has 0 aliphatic carbocycles. The van der Waals surface area contributed by atoms with Crippen LogP contribution in [-0.2, 0) is 0 Å². The van der Waals surface area contributed by atoms with Crippen molar-refractivity contribution in [1.29, 1.82) is 0 Å². The van der Waals surface area contributed by atoms with Gasteiger partial charge in [0.25, 0.3) is 0 Å². The van der Waals surface area contributed by atoms with Crippen molar-refractivity contribution >= 4 is 28.5 Å². The fourth-order valence-corrected chi connectivity index (χ4v) is 4.03. The average molecular weight is 355 g/mol. The molecule has 0 unspecified atom stereocenters. The van der Waals surface area contributed by atoms with E-state index in [1.807, 2.05) is 6.07 Å². The maximum atomic E-state index is 11.4. The van der Waals surface area contributed by atoms with Gasteiger partial charge in [-0.25, -0.2) is 4.79 Å². The Bertz CT molecular complexity index is 946. The number of nitrogens with zero attached hydrogens (tertiary/aromatic N) is 1. The first-order chi connectivity index (χ1) is 12.0. The minimum absolute atomic E-state index is 0.261. The third-order valence-electron chi connectivity index (χ3n) is 5.13. The molecule has 0 amide bonds. The van der Waals surface area contributed by atoms with Gasteiger partial charge in [-0.3, -0.25) is 4.90 Å². The summed E-state index contributed by atoms with van der Waals surface area (Å²) in [6.07, 6.45) is 3.93. The molecule has 0 radical (unpaired) electrons. The highest BCUT2D eigenvalue weighted by molar-refractivity contribution is 6.34. The zero-order valence-corrected chi connectivity index (χ0v) is 14.7. The number of aromatic carboxylic acids is 1. The Morgan fingerprint density at radius 1 is 1.28 bits per heavy atom. The quantitative estimate of drug-likeness (QED) is 0.699. The maximum Gasteiger partial charge on any atom is 0.337 e. The van der Waals surface area contributed by atoms with Crippen LogP contribution in [0.25, 0.3) is 22.0 Å². The first-order valence-electron chi connectivity index (χ1n) is 8.39. The second kappa shape index (κ2) is 6.21. The fraction of sp³-hybridized carbons (Fsp3) is 0.250. The molecule has 0 spiro atoms. The Labute approximate surface area is 151 Å². The molecule has 4 rings (SSSR count). The molecule has 3 aromatic rings. The molecule has 2 heterocycles. The van der Waals surface area contributed by atoms with Gasteiger partial charge in [-0.1, -0.05) is 35.9 Å². The second-order valence-corrected chi connectivity index (χ2v) is 7.05. The summed E-state index contributed by atoms with van der Waals surface area (Å²) in [5.74, 6) is -0.945. The molecule has 2 aromatic carbocycles. The Morgan fingerprint density at radius 3 is 2.68 bits per heavy atom. The lowest BCUT2D eigenvalue weighted by Crippen LogP contribution is -2.17. The topological polar surface area (TPSA) is 56.3 Å². The third-order valence-corrected chi connectivity index (χ3v) is 5.44. The average Bonchev–Trinajstić information content (AvgIpc) is 3.20. The van der Waals surface area contributed by atoms with Crippen LogP contribution >= 0.6 is 11.6 Å². The predicted octanol–water partition coefficient (Wildman–Crippen LogP) is 4.95. The van der Waals surface area contributed by atoms with E-state index < -0.39 is 5.97 Å². The van der Waals surface area contributed by atoms with Crippen molar-refractivity contribution in [3.63, 3.8) is 0 Å². The van der Waals surface area contributed by atoms with E-state index in [-0.39, 0.29) is 5.56 Å². The second-order valence-electron chi connectivity index (χ2n) is 6.65. The zero-order chi connectivity index (χ0) is 17.6. The van der Waals surface area contributed by atoms with E-state index in [9.17, 15) is 9.90 Å². The number of hydrogen-bond acceptors (Lipinski definition) is 2. The number of aromatic nitrogens is 1. The number of aromatic amines is 1. The number of nitrogens with one attached hydrogen (secondary N) is 1. The number of H-pyrrole nitrogens is 1. The largest absolute Gasteiger partial charge is 0.478 e. The van der Waals surface area contributed by atoms with Gasteiger partial charge >= 0.3 is 5.97 Å². The number of carbonyl (C=O) groups is 1. The molecule has 2 N–H and O–H groups in total. The number of benzene rings is 2. The Morgan fingerprint density at radius 2 is 2.04 bits per heavy atom. The molecular formula is C20H19ClN2O2. The number of carboxylic acids is 1. The van der Waals surface area contributed by atoms with Gasteiger partial charge in [-0.15, -0.1) is 0 Å². The number of carboxylic acid groups (broad SMARTS) is 1. The molecule has 0 saturated carbocycles. The molecule has 1 saturated heterocycles. The summed E-state index contributed by atoms with van der Waals surface area (Å²) >= 11 is 6.44. The first-order valence-corrected chi connectivity index (χ1v) is 8.77. The van der Waals surface area contributed by atoms with Gasteiger partial charge in [-0.2, -0.15) is 0 Å². The predicted molar refractivity (Wildman–Crippen MR) is 100 cm³/mol. The van der Waals surface area contributed by atoms with Crippen LogP contribution in [0.3, 0.4) is 0 Å². The van der Waals surface area contributed by atoms with E-state index in [1.54, 1.807) is 6.07 Å². The highest BCUT2D eigenvalue weighted by Gasteiger charge is 2.22. The van der Waals surface area contributed by atoms with E-state index in [1.165, 1.54) is 24.6 Å². The molecule has 1 atom stereocenters. The Balaban J connectivity index is 1.74. The first kappa shape index (κ1) is 16.2. The SMILES string of the molecule is CN1CCC[C@H]1c1ccc(-c2cc3c(C(=O)O)c[nH]c3cc2Cl)cc1. The van der Waals surface area contributed by atoms with Gasteiger partial charge in [0.05, 0.1) is 10.6 Å². The van der Waals surface area contributed by atoms with E-state index in [0.29, 0.717) is 16.5 Å². The van der Waals surface area contributed by atoms with Gasteiger partial charge in [0.15, 0.2) is 0 Å². The molecule has 4 nitrogen and oxygen atoms in total. The van der Waals surface area contributed by atoms with Crippen LogP contribution in [0.2, 0.25) is 5.02 Å². The summed E-state index contributed by atoms with van der Waals surface area (Å²) in [4.78, 5) is 16.7. The lowest BCUT2D eigenvalue weighted by Gasteiger charge is -2.20. The molecule has 5 heteroatoms. The van der Waals surface area contributed by atoms with Crippen LogP contribution in [-0.4, -0.2) is 34.6 Å². The lowest BCUT2D eigenvalue weighted by molar-refractivity contribution is 0.0699. The Hall–Kier alpha value is -2.30. The zero-order valence-electron chi connectivity index (χ0n) is 13.9. The molecule has 1 aromatic heterocycles. The maximum absolute atomic E-state index is 11.4. The fourth-order valence-electron chi connectivity index (χ4n) is 3.76. The summed E-state index contributed by atoms with van der Waals surface area (Å²) in [5.41, 5.74) is 4.15. The lowest BCUT2D eigenvalue weighted by atomic mass is 9.98. The molecular weight excluding hydrogens is 336 g/mol. The van der Waals surface area contributed by atoms with Crippen LogP contribution in [0.4, 0.5) is 0 Å². The molecule has 128 valence electrons. The highest BCUT2D eigenvalue weighted by Crippen LogP contribution is 2.35. The smallest absolute Gasteiger partial charge is 0.337 e. The van der Waals surface area contributed by atoms with E-state index in [0.717, 1.165) is 23.2 Å². The summed E-state index contributed by atoms with van der Waals surface area (Å²) in [5, 5.41) is 10.6. The van der Waals surface area contributed by atoms with Crippen LogP contribution in [0.1, 0.15) is 34.8 Å². The minimum Gasteiger partial charge on any atom is -0.478 e. The van der Waals surface area contributed by atoms with Crippen molar-refractivity contribution < 1.29 is 9.90 Å². The van der Waals surface area contributed by atoms with Crippen LogP contribution in [0.15, 0.2) is 42.6 Å². The van der Waals surface area contributed by atoms with E-state index in [4.69, 9.17) is 11.6 Å². The van der Waals surface area contributed by atoms with E-state index >= 15 is 0 Å². The van der Waals surface area contributed by atoms with Gasteiger partial charge in [0.1, 0.15) is 0 Å². The summed E-state index contributed by atoms with van der Waals surface area (Å²) < 4.78 is 0. The van der Waals surface area contributed by atoms with Gasteiger partial charge < -0.3 is 10.1 Å². The molecule has 1 fully saturated rings. The standard InChI is InChI=1S/C20H19ClN2O2/c1-23-8-2-3-19(23)13-6-4-12(5-7-13)14-9-15-16(20(24)25)11-22-18(15)10-17(14)21/h4-7,9-11,19,22H,2-3,8H2,1H3,(H,24,25)/t19-/m0/s1. The van der Waals surface area contributed by atoms with Crippen molar-refractivity contribution in [1.82, 2.24) is 9.88 Å². The minimum atomic E-state index is -0.945. The van der Waals surface area contributed by atoms with Crippen LogP contribution < -0.4 is 0 Å². The summed E-state index contributed by atoms with van der Waals surface area (Å²) in [6, 6.07) is 12.6. The monoisotopic (exact) mass is 354 g/mol. The molecule has 0 bridgehead atoms. The van der Waals surface area contributed by atoms with Gasteiger partial charge in [0.2, 0.25) is 0 Å². The number of fused-ring (bicyclic) bond motifs is 1. The van der Waals surface area contributed by atoms with E-state index in [2.05, 4.69) is 41.2 Å². The normalized spacial score (nSPS) is 18.1. The summed E-state index contributed by atoms with van der Waals surface area (Å²) in [6.45, 7) is 1.14. The van der Waals surface area contributed by atoms with Crippen molar-refractivity contribution in [2.24, 2.45) is 0 Å². The highest BCUT2D eigenvalue weighted by atomic mass is 35.5. The van der Waals surface area contributed by atoms with Gasteiger partial charge in [-0.05, 0) is 49.7 Å². The molecule has 25 heavy (non-hydrogen) atoms. The van der Waals surface area contributed by atoms with Crippen LogP contribution in [0.5, 0.6) is 0 Å². The summed E-state index contributed by atoms with van der Waals surface area (Å²) in [7, 11) is 2.16. The van der Waals surface area contributed by atoms with Crippen molar-refractivity contribution in [2.45, 2.75) is 18.9 Å². The number of hydrogen-bond donors (Lipinski definition) is 2. The van der Waals surface area contributed by atoms with Gasteiger partial charge in [0, 0.05) is 28.7 Å². The van der Waals surface area contributed by atoms with Crippen molar-refractivity contribution in [3.05, 3.63) is 58.7 Å². The Kier molecular flexibility index (Phi) is 4.02.